The summed E-state index contributed by atoms with van der Waals surface area (Å²) >= 11 is 0. The van der Waals surface area contributed by atoms with Crippen LogP contribution in [0.25, 0.3) is 11.0 Å². The molecule has 0 fully saturated rings. The molecular weight excluding hydrogens is 360 g/mol. The molecule has 0 bridgehead atoms. The van der Waals surface area contributed by atoms with Gasteiger partial charge in [0.05, 0.1) is 5.56 Å². The van der Waals surface area contributed by atoms with Crippen LogP contribution in [0.1, 0.15) is 47.6 Å². The van der Waals surface area contributed by atoms with E-state index in [4.69, 9.17) is 14.3 Å². The van der Waals surface area contributed by atoms with Crippen LogP contribution in [0.2, 0.25) is 0 Å². The SMILES string of the molecule is CC(C)c1ccc2oc(C(O)COc3ccc(C(=O)O)cc3)cc2c1.[Ca+2]. The maximum atomic E-state index is 10.8. The van der Waals surface area contributed by atoms with Crippen molar-refractivity contribution >= 4 is 54.7 Å². The molecular formula is C20H20CaO5+2. The van der Waals surface area contributed by atoms with E-state index >= 15 is 0 Å². The third kappa shape index (κ3) is 4.80. The number of hydrogen-bond donors (Lipinski definition) is 2. The van der Waals surface area contributed by atoms with E-state index in [0.717, 1.165) is 11.0 Å². The minimum atomic E-state index is -0.991. The molecule has 0 amide bonds. The molecule has 2 aromatic carbocycles. The second-order valence-electron chi connectivity index (χ2n) is 6.26. The predicted molar refractivity (Wildman–Crippen MR) is 99.9 cm³/mol. The van der Waals surface area contributed by atoms with Gasteiger partial charge in [0.1, 0.15) is 29.8 Å². The largest absolute Gasteiger partial charge is 2.00 e. The molecule has 3 rings (SSSR count). The monoisotopic (exact) mass is 380 g/mol. The zero-order valence-corrected chi connectivity index (χ0v) is 17.0. The van der Waals surface area contributed by atoms with Gasteiger partial charge in [0, 0.05) is 5.39 Å². The third-order valence-corrected chi connectivity index (χ3v) is 4.06. The van der Waals surface area contributed by atoms with Gasteiger partial charge in [-0.05, 0) is 53.9 Å². The fraction of sp³-hybridized carbons (Fsp3) is 0.250. The Kier molecular flexibility index (Phi) is 7.12. The summed E-state index contributed by atoms with van der Waals surface area (Å²) in [6.45, 7) is 4.27. The Labute approximate surface area is 181 Å². The molecule has 0 aliphatic rings. The summed E-state index contributed by atoms with van der Waals surface area (Å²) in [6.07, 6.45) is -0.908. The average Bonchev–Trinajstić information content (AvgIpc) is 3.03. The van der Waals surface area contributed by atoms with Gasteiger partial charge in [0.15, 0.2) is 0 Å². The Morgan fingerprint density at radius 3 is 2.42 bits per heavy atom. The molecule has 5 nitrogen and oxygen atoms in total. The van der Waals surface area contributed by atoms with Crippen LogP contribution < -0.4 is 4.74 Å². The first kappa shape index (κ1) is 20.8. The molecule has 1 atom stereocenters. The van der Waals surface area contributed by atoms with Crippen molar-refractivity contribution < 1.29 is 24.2 Å². The first-order valence-electron chi connectivity index (χ1n) is 8.11. The Balaban J connectivity index is 0.00000243. The van der Waals surface area contributed by atoms with E-state index in [1.165, 1.54) is 17.7 Å². The summed E-state index contributed by atoms with van der Waals surface area (Å²) in [7, 11) is 0. The quantitative estimate of drug-likeness (QED) is 0.632. The molecule has 0 spiro atoms. The van der Waals surface area contributed by atoms with Crippen LogP contribution in [-0.4, -0.2) is 60.5 Å². The molecule has 2 N–H and O–H groups in total. The fourth-order valence-corrected chi connectivity index (χ4v) is 2.56. The van der Waals surface area contributed by atoms with E-state index in [2.05, 4.69) is 19.9 Å². The minimum Gasteiger partial charge on any atom is -0.490 e. The van der Waals surface area contributed by atoms with E-state index in [1.807, 2.05) is 18.2 Å². The van der Waals surface area contributed by atoms with Crippen molar-refractivity contribution in [3.8, 4) is 5.75 Å². The van der Waals surface area contributed by atoms with Gasteiger partial charge in [0.25, 0.3) is 0 Å². The van der Waals surface area contributed by atoms with Crippen LogP contribution in [-0.2, 0) is 0 Å². The molecule has 1 aromatic heterocycles. The number of furan rings is 1. The number of carbonyl (C=O) groups is 1. The molecule has 0 saturated carbocycles. The van der Waals surface area contributed by atoms with Crippen LogP contribution in [0.5, 0.6) is 5.75 Å². The number of hydrogen-bond acceptors (Lipinski definition) is 4. The number of ether oxygens (including phenoxy) is 1. The predicted octanol–water partition coefficient (Wildman–Crippen LogP) is 3.99. The molecule has 0 aliphatic carbocycles. The summed E-state index contributed by atoms with van der Waals surface area (Å²) in [5.74, 6) is 0.361. The molecule has 0 radical (unpaired) electrons. The number of carboxylic acids is 1. The van der Waals surface area contributed by atoms with E-state index in [1.54, 1.807) is 12.1 Å². The summed E-state index contributed by atoms with van der Waals surface area (Å²) in [5.41, 5.74) is 2.12. The number of rotatable bonds is 6. The fourth-order valence-electron chi connectivity index (χ4n) is 2.56. The van der Waals surface area contributed by atoms with Gasteiger partial charge in [-0.2, -0.15) is 0 Å². The zero-order chi connectivity index (χ0) is 18.0. The summed E-state index contributed by atoms with van der Waals surface area (Å²) < 4.78 is 11.2. The normalized spacial score (nSPS) is 12.0. The number of fused-ring (bicyclic) bond motifs is 1. The van der Waals surface area contributed by atoms with Crippen molar-refractivity contribution in [2.75, 3.05) is 6.61 Å². The van der Waals surface area contributed by atoms with Gasteiger partial charge in [-0.3, -0.25) is 0 Å². The second kappa shape index (κ2) is 8.91. The van der Waals surface area contributed by atoms with Crippen molar-refractivity contribution in [3.05, 3.63) is 65.4 Å². The van der Waals surface area contributed by atoms with E-state index in [9.17, 15) is 9.90 Å². The molecule has 1 unspecified atom stereocenters. The van der Waals surface area contributed by atoms with Gasteiger partial charge < -0.3 is 19.4 Å². The Bertz CT molecular complexity index is 883. The van der Waals surface area contributed by atoms with Crippen molar-refractivity contribution in [3.63, 3.8) is 0 Å². The molecule has 0 saturated heterocycles. The zero-order valence-electron chi connectivity index (χ0n) is 14.8. The van der Waals surface area contributed by atoms with E-state index < -0.39 is 12.1 Å². The Hall–Kier alpha value is -1.53. The summed E-state index contributed by atoms with van der Waals surface area (Å²) in [6, 6.07) is 13.8. The molecule has 1 heterocycles. The van der Waals surface area contributed by atoms with Gasteiger partial charge in [-0.25, -0.2) is 4.79 Å². The maximum Gasteiger partial charge on any atom is 2.00 e. The molecule has 3 aromatic rings. The first-order valence-corrected chi connectivity index (χ1v) is 8.11. The van der Waals surface area contributed by atoms with Gasteiger partial charge in [-0.15, -0.1) is 0 Å². The smallest absolute Gasteiger partial charge is 0.490 e. The Morgan fingerprint density at radius 2 is 1.81 bits per heavy atom. The standard InChI is InChI=1S/C20H20O5.Ca/c1-12(2)14-5-8-18-15(9-14)10-19(25-18)17(21)11-24-16-6-3-13(4-7-16)20(22)23;/h3-10,12,17,21H,11H2,1-2H3,(H,22,23);/q;+2. The van der Waals surface area contributed by atoms with Crippen molar-refractivity contribution in [1.82, 2.24) is 0 Å². The first-order chi connectivity index (χ1) is 11.9. The average molecular weight is 380 g/mol. The number of aromatic carboxylic acids is 1. The van der Waals surface area contributed by atoms with Gasteiger partial charge >= 0.3 is 43.7 Å². The summed E-state index contributed by atoms with van der Waals surface area (Å²) in [4.78, 5) is 10.8. The topological polar surface area (TPSA) is 79.9 Å². The number of aliphatic hydroxyl groups is 1. The van der Waals surface area contributed by atoms with Crippen LogP contribution in [0.15, 0.2) is 52.9 Å². The maximum absolute atomic E-state index is 10.8. The third-order valence-electron chi connectivity index (χ3n) is 4.06. The van der Waals surface area contributed by atoms with E-state index in [-0.39, 0.29) is 49.9 Å². The Morgan fingerprint density at radius 1 is 1.12 bits per heavy atom. The number of carboxylic acid groups (broad SMARTS) is 1. The summed E-state index contributed by atoms with van der Waals surface area (Å²) in [5, 5.41) is 20.1. The van der Waals surface area contributed by atoms with Crippen LogP contribution in [0.3, 0.4) is 0 Å². The number of aliphatic hydroxyl groups excluding tert-OH is 1. The van der Waals surface area contributed by atoms with Crippen LogP contribution in [0, 0.1) is 0 Å². The number of benzene rings is 2. The van der Waals surface area contributed by atoms with Crippen molar-refractivity contribution in [2.45, 2.75) is 25.9 Å². The van der Waals surface area contributed by atoms with Gasteiger partial charge in [-0.1, -0.05) is 19.9 Å². The molecule has 6 heteroatoms. The molecule has 26 heavy (non-hydrogen) atoms. The van der Waals surface area contributed by atoms with Crippen LogP contribution in [0.4, 0.5) is 0 Å². The second-order valence-corrected chi connectivity index (χ2v) is 6.26. The van der Waals surface area contributed by atoms with Crippen LogP contribution >= 0.6 is 0 Å². The van der Waals surface area contributed by atoms with Gasteiger partial charge in [0.2, 0.25) is 0 Å². The minimum absolute atomic E-state index is 0. The van der Waals surface area contributed by atoms with Crippen molar-refractivity contribution in [2.24, 2.45) is 0 Å². The van der Waals surface area contributed by atoms with Crippen molar-refractivity contribution in [1.29, 1.82) is 0 Å². The molecule has 0 aliphatic heterocycles. The molecule has 130 valence electrons. The van der Waals surface area contributed by atoms with E-state index in [0.29, 0.717) is 17.4 Å².